The molecule has 4 rings (SSSR count). The molecule has 0 bridgehead atoms. The number of hydrogen-bond donors (Lipinski definition) is 2. The number of likely N-dealkylation sites (tertiary alicyclic amines) is 1. The molecule has 1 spiro atoms. The lowest BCUT2D eigenvalue weighted by Gasteiger charge is -2.41. The maximum atomic E-state index is 12.7. The summed E-state index contributed by atoms with van der Waals surface area (Å²) in [4.78, 5) is 38.3. The van der Waals surface area contributed by atoms with Crippen molar-refractivity contribution in [3.8, 4) is 0 Å². The Bertz CT molecular complexity index is 779. The van der Waals surface area contributed by atoms with Crippen LogP contribution in [-0.4, -0.2) is 42.3 Å². The fraction of sp³-hybridized carbons (Fsp3) is 0.591. The van der Waals surface area contributed by atoms with Crippen molar-refractivity contribution in [1.29, 1.82) is 0 Å². The quantitative estimate of drug-likeness (QED) is 0.790. The van der Waals surface area contributed by atoms with E-state index < -0.39 is 5.91 Å². The van der Waals surface area contributed by atoms with Crippen LogP contribution in [0.15, 0.2) is 24.3 Å². The first-order valence-electron chi connectivity index (χ1n) is 10.4. The number of piperidine rings is 1. The second-order valence-corrected chi connectivity index (χ2v) is 8.89. The molecule has 1 saturated heterocycles. The summed E-state index contributed by atoms with van der Waals surface area (Å²) >= 11 is 0. The minimum absolute atomic E-state index is 0.198. The smallest absolute Gasteiger partial charge is 0.251 e. The summed E-state index contributed by atoms with van der Waals surface area (Å²) < 4.78 is 0. The second-order valence-electron chi connectivity index (χ2n) is 8.89. The summed E-state index contributed by atoms with van der Waals surface area (Å²) in [6.45, 7) is 2.26. The lowest BCUT2D eigenvalue weighted by molar-refractivity contribution is -0.142. The lowest BCUT2D eigenvalue weighted by Crippen LogP contribution is -2.47. The highest BCUT2D eigenvalue weighted by molar-refractivity contribution is 5.99. The standard InChI is InChI=1S/C22H29N3O3/c23-19(26)16-4-1-5-17(11-16)20(27)24-9-6-15-3-2-10-25(14-15)21(28)18-12-22(13-18)7-8-22/h1,4-5,11,15,18H,2-3,6-10,12-14H2,(H2,23,26)(H,24,27). The van der Waals surface area contributed by atoms with Crippen molar-refractivity contribution in [3.05, 3.63) is 35.4 Å². The van der Waals surface area contributed by atoms with Crippen molar-refractivity contribution < 1.29 is 14.4 Å². The zero-order chi connectivity index (χ0) is 19.7. The lowest BCUT2D eigenvalue weighted by atomic mass is 9.71. The number of primary amides is 1. The fourth-order valence-electron chi connectivity index (χ4n) is 4.81. The van der Waals surface area contributed by atoms with Gasteiger partial charge in [-0.15, -0.1) is 0 Å². The summed E-state index contributed by atoms with van der Waals surface area (Å²) in [5.41, 5.74) is 6.60. The van der Waals surface area contributed by atoms with Gasteiger partial charge in [0.05, 0.1) is 0 Å². The molecule has 1 aromatic rings. The highest BCUT2D eigenvalue weighted by Crippen LogP contribution is 2.63. The van der Waals surface area contributed by atoms with Crippen LogP contribution in [0, 0.1) is 17.3 Å². The van der Waals surface area contributed by atoms with E-state index in [1.54, 1.807) is 18.2 Å². The monoisotopic (exact) mass is 383 g/mol. The van der Waals surface area contributed by atoms with Gasteiger partial charge in [0.2, 0.25) is 11.8 Å². The van der Waals surface area contributed by atoms with E-state index in [1.807, 2.05) is 0 Å². The highest BCUT2D eigenvalue weighted by Gasteiger charge is 2.55. The number of rotatable bonds is 6. The Balaban J connectivity index is 1.22. The molecule has 2 saturated carbocycles. The van der Waals surface area contributed by atoms with Crippen LogP contribution in [-0.2, 0) is 4.79 Å². The third-order valence-electron chi connectivity index (χ3n) is 6.74. The highest BCUT2D eigenvalue weighted by atomic mass is 16.2. The third-order valence-corrected chi connectivity index (χ3v) is 6.74. The molecule has 6 nitrogen and oxygen atoms in total. The number of benzene rings is 1. The van der Waals surface area contributed by atoms with Gasteiger partial charge in [0.1, 0.15) is 0 Å². The van der Waals surface area contributed by atoms with Crippen molar-refractivity contribution in [2.24, 2.45) is 23.0 Å². The van der Waals surface area contributed by atoms with Crippen LogP contribution in [0.1, 0.15) is 65.7 Å². The van der Waals surface area contributed by atoms with E-state index in [0.717, 1.165) is 45.2 Å². The first kappa shape index (κ1) is 19.0. The number of amides is 3. The summed E-state index contributed by atoms with van der Waals surface area (Å²) in [5.74, 6) is 0.314. The van der Waals surface area contributed by atoms with Gasteiger partial charge in [-0.3, -0.25) is 14.4 Å². The van der Waals surface area contributed by atoms with Crippen LogP contribution < -0.4 is 11.1 Å². The van der Waals surface area contributed by atoms with E-state index in [2.05, 4.69) is 10.2 Å². The number of carbonyl (C=O) groups excluding carboxylic acids is 3. The van der Waals surface area contributed by atoms with Gasteiger partial charge in [-0.1, -0.05) is 6.07 Å². The first-order valence-corrected chi connectivity index (χ1v) is 10.4. The van der Waals surface area contributed by atoms with Crippen molar-refractivity contribution in [2.45, 2.75) is 44.9 Å². The number of nitrogens with one attached hydrogen (secondary N) is 1. The minimum atomic E-state index is -0.541. The van der Waals surface area contributed by atoms with Gasteiger partial charge >= 0.3 is 0 Å². The normalized spacial score (nSPS) is 23.1. The molecule has 1 heterocycles. The Morgan fingerprint density at radius 2 is 1.93 bits per heavy atom. The van der Waals surface area contributed by atoms with Crippen molar-refractivity contribution in [3.63, 3.8) is 0 Å². The molecule has 150 valence electrons. The van der Waals surface area contributed by atoms with Crippen LogP contribution in [0.5, 0.6) is 0 Å². The molecule has 2 aliphatic carbocycles. The van der Waals surface area contributed by atoms with Crippen molar-refractivity contribution in [1.82, 2.24) is 10.2 Å². The number of nitrogens with two attached hydrogens (primary N) is 1. The van der Waals surface area contributed by atoms with Gasteiger partial charge in [0, 0.05) is 36.7 Å². The molecule has 3 amide bonds. The van der Waals surface area contributed by atoms with Crippen LogP contribution in [0.2, 0.25) is 0 Å². The number of hydrogen-bond acceptors (Lipinski definition) is 3. The van der Waals surface area contributed by atoms with Crippen LogP contribution in [0.3, 0.4) is 0 Å². The van der Waals surface area contributed by atoms with Gasteiger partial charge < -0.3 is 16.0 Å². The molecule has 28 heavy (non-hydrogen) atoms. The Morgan fingerprint density at radius 1 is 1.18 bits per heavy atom. The number of carbonyl (C=O) groups is 3. The van der Waals surface area contributed by atoms with Gasteiger partial charge in [-0.2, -0.15) is 0 Å². The molecule has 1 atom stereocenters. The van der Waals surface area contributed by atoms with E-state index in [1.165, 1.54) is 18.9 Å². The maximum Gasteiger partial charge on any atom is 0.251 e. The Hall–Kier alpha value is -2.37. The second kappa shape index (κ2) is 7.57. The third kappa shape index (κ3) is 4.05. The zero-order valence-electron chi connectivity index (χ0n) is 16.3. The fourth-order valence-corrected chi connectivity index (χ4v) is 4.81. The van der Waals surface area contributed by atoms with Gasteiger partial charge in [0.15, 0.2) is 0 Å². The Kier molecular flexibility index (Phi) is 5.13. The molecular weight excluding hydrogens is 354 g/mol. The SMILES string of the molecule is NC(=O)c1cccc(C(=O)NCCC2CCCN(C(=O)C3CC4(CC4)C3)C2)c1. The molecule has 3 fully saturated rings. The Morgan fingerprint density at radius 3 is 2.64 bits per heavy atom. The van der Waals surface area contributed by atoms with Crippen LogP contribution >= 0.6 is 0 Å². The molecule has 1 aliphatic heterocycles. The topological polar surface area (TPSA) is 92.5 Å². The molecule has 6 heteroatoms. The molecule has 0 aromatic heterocycles. The van der Waals surface area contributed by atoms with E-state index in [4.69, 9.17) is 5.73 Å². The van der Waals surface area contributed by atoms with Gasteiger partial charge in [-0.25, -0.2) is 0 Å². The van der Waals surface area contributed by atoms with E-state index in [0.29, 0.717) is 34.9 Å². The minimum Gasteiger partial charge on any atom is -0.366 e. The predicted molar refractivity (Wildman–Crippen MR) is 106 cm³/mol. The van der Waals surface area contributed by atoms with Gasteiger partial charge in [0.25, 0.3) is 5.91 Å². The summed E-state index contributed by atoms with van der Waals surface area (Å²) in [6.07, 6.45) is 7.86. The maximum absolute atomic E-state index is 12.7. The largest absolute Gasteiger partial charge is 0.366 e. The predicted octanol–water partition coefficient (Wildman–Crippen LogP) is 2.33. The molecule has 3 aliphatic rings. The average molecular weight is 383 g/mol. The average Bonchev–Trinajstić information content (AvgIpc) is 3.48. The van der Waals surface area contributed by atoms with Crippen LogP contribution in [0.4, 0.5) is 0 Å². The molecule has 3 N–H and O–H groups in total. The molecule has 1 unspecified atom stereocenters. The van der Waals surface area contributed by atoms with Crippen molar-refractivity contribution >= 4 is 17.7 Å². The van der Waals surface area contributed by atoms with E-state index in [-0.39, 0.29) is 11.8 Å². The Labute approximate surface area is 165 Å². The summed E-state index contributed by atoms with van der Waals surface area (Å²) in [5, 5.41) is 2.93. The molecular formula is C22H29N3O3. The van der Waals surface area contributed by atoms with E-state index >= 15 is 0 Å². The van der Waals surface area contributed by atoms with Crippen molar-refractivity contribution in [2.75, 3.05) is 19.6 Å². The zero-order valence-corrected chi connectivity index (χ0v) is 16.3. The first-order chi connectivity index (χ1) is 13.5. The molecule has 0 radical (unpaired) electrons. The summed E-state index contributed by atoms with van der Waals surface area (Å²) in [7, 11) is 0. The van der Waals surface area contributed by atoms with Gasteiger partial charge in [-0.05, 0) is 74.5 Å². The summed E-state index contributed by atoms with van der Waals surface area (Å²) in [6, 6.07) is 6.45. The van der Waals surface area contributed by atoms with E-state index in [9.17, 15) is 14.4 Å². The number of nitrogens with zero attached hydrogens (tertiary/aromatic N) is 1. The molecule has 1 aromatic carbocycles. The van der Waals surface area contributed by atoms with Crippen LogP contribution in [0.25, 0.3) is 0 Å².